The first-order valence-corrected chi connectivity index (χ1v) is 14.4. The van der Waals surface area contributed by atoms with Crippen molar-refractivity contribution in [2.75, 3.05) is 0 Å². The topological polar surface area (TPSA) is 119 Å². The van der Waals surface area contributed by atoms with Crippen LogP contribution in [0.5, 0.6) is 0 Å². The van der Waals surface area contributed by atoms with Crippen LogP contribution in [0.4, 0.5) is 4.79 Å². The van der Waals surface area contributed by atoms with Crippen LogP contribution < -0.4 is 16.0 Å². The average Bonchev–Trinajstić information content (AvgIpc) is 3.44. The molecule has 0 aliphatic heterocycles. The number of hydrogen-bond donors (Lipinski definition) is 3. The molecule has 0 saturated carbocycles. The zero-order valence-electron chi connectivity index (χ0n) is 25.1. The number of nitrogens with one attached hydrogen (secondary N) is 3. The van der Waals surface area contributed by atoms with E-state index in [-0.39, 0.29) is 36.2 Å². The lowest BCUT2D eigenvalue weighted by atomic mass is 9.99. The van der Waals surface area contributed by atoms with Crippen LogP contribution in [0.25, 0.3) is 0 Å². The lowest BCUT2D eigenvalue weighted by molar-refractivity contribution is -0.130. The lowest BCUT2D eigenvalue weighted by Gasteiger charge is -2.26. The van der Waals surface area contributed by atoms with Crippen molar-refractivity contribution in [2.45, 2.75) is 85.5 Å². The molecular formula is C32H46N4O5. The Bertz CT molecular complexity index is 1130. The number of amides is 3. The van der Waals surface area contributed by atoms with Crippen molar-refractivity contribution >= 4 is 23.8 Å². The maximum Gasteiger partial charge on any atom is 0.408 e. The molecule has 3 N–H and O–H groups in total. The number of hydrogen-bond acceptors (Lipinski definition) is 5. The monoisotopic (exact) mass is 566 g/mol. The zero-order valence-corrected chi connectivity index (χ0v) is 25.1. The van der Waals surface area contributed by atoms with Gasteiger partial charge in [0.15, 0.2) is 0 Å². The number of aromatic nitrogens is 1. The largest absolute Gasteiger partial charge is 0.445 e. The van der Waals surface area contributed by atoms with E-state index >= 15 is 0 Å². The molecule has 0 saturated heterocycles. The Hall–Kier alpha value is -3.88. The van der Waals surface area contributed by atoms with Crippen molar-refractivity contribution in [3.05, 3.63) is 72.6 Å². The van der Waals surface area contributed by atoms with Crippen LogP contribution in [-0.4, -0.2) is 46.5 Å². The number of alkyl carbamates (subject to hydrolysis) is 1. The standard InChI is InChI=1S/C32H46N4O5/c1-22(2)18-26(14-15-29(37)36-16-10-11-17-36)33-30(38)27(19-23(3)4)34-31(39)28(20-24(5)6)35-32(40)41-21-25-12-8-7-9-13-25/h7-17,22-24,26-28H,18-21H2,1-6H3,(H,33,38)(H,34,39)(H,35,40)/b15-14+/t26-,27+,28+/m1/s1. The number of carbonyl (C=O) groups is 4. The van der Waals surface area contributed by atoms with E-state index in [0.717, 1.165) is 5.56 Å². The van der Waals surface area contributed by atoms with E-state index in [1.165, 1.54) is 10.6 Å². The van der Waals surface area contributed by atoms with E-state index < -0.39 is 30.1 Å². The molecule has 1 aromatic heterocycles. The van der Waals surface area contributed by atoms with E-state index in [1.54, 1.807) is 30.6 Å². The Morgan fingerprint density at radius 2 is 1.27 bits per heavy atom. The Kier molecular flexibility index (Phi) is 13.9. The summed E-state index contributed by atoms with van der Waals surface area (Å²) in [5, 5.41) is 8.54. The van der Waals surface area contributed by atoms with Gasteiger partial charge in [0.25, 0.3) is 5.91 Å². The maximum absolute atomic E-state index is 13.4. The molecule has 0 radical (unpaired) electrons. The van der Waals surface area contributed by atoms with Gasteiger partial charge in [0.2, 0.25) is 11.8 Å². The molecule has 0 bridgehead atoms. The Morgan fingerprint density at radius 3 is 1.83 bits per heavy atom. The van der Waals surface area contributed by atoms with Gasteiger partial charge in [-0.3, -0.25) is 19.0 Å². The maximum atomic E-state index is 13.4. The predicted molar refractivity (Wildman–Crippen MR) is 160 cm³/mol. The molecule has 9 heteroatoms. The highest BCUT2D eigenvalue weighted by molar-refractivity contribution is 5.92. The van der Waals surface area contributed by atoms with Crippen molar-refractivity contribution < 1.29 is 23.9 Å². The summed E-state index contributed by atoms with van der Waals surface area (Å²) in [5.41, 5.74) is 0.834. The third-order valence-corrected chi connectivity index (χ3v) is 6.25. The number of nitrogens with zero attached hydrogens (tertiary/aromatic N) is 1. The van der Waals surface area contributed by atoms with Gasteiger partial charge in [0.1, 0.15) is 18.7 Å². The number of rotatable bonds is 15. The minimum atomic E-state index is -0.869. The summed E-state index contributed by atoms with van der Waals surface area (Å²) in [6, 6.07) is 10.7. The number of benzene rings is 1. The summed E-state index contributed by atoms with van der Waals surface area (Å²) in [6.45, 7) is 12.0. The molecule has 3 amide bonds. The molecular weight excluding hydrogens is 520 g/mol. The third kappa shape index (κ3) is 12.9. The molecule has 0 spiro atoms. The van der Waals surface area contributed by atoms with Crippen molar-refractivity contribution in [3.8, 4) is 0 Å². The number of allylic oxidation sites excluding steroid dienone is 1. The normalized spacial score (nSPS) is 13.7. The minimum Gasteiger partial charge on any atom is -0.445 e. The molecule has 0 fully saturated rings. The lowest BCUT2D eigenvalue weighted by Crippen LogP contribution is -2.55. The summed E-state index contributed by atoms with van der Waals surface area (Å²) < 4.78 is 6.78. The number of carbonyl (C=O) groups excluding carboxylic acids is 4. The fourth-order valence-corrected chi connectivity index (χ4v) is 4.33. The van der Waals surface area contributed by atoms with Gasteiger partial charge >= 0.3 is 6.09 Å². The second-order valence-electron chi connectivity index (χ2n) is 11.6. The van der Waals surface area contributed by atoms with Gasteiger partial charge in [0, 0.05) is 24.5 Å². The van der Waals surface area contributed by atoms with Gasteiger partial charge in [0.05, 0.1) is 0 Å². The van der Waals surface area contributed by atoms with Crippen molar-refractivity contribution in [1.82, 2.24) is 20.5 Å². The molecule has 3 atom stereocenters. The van der Waals surface area contributed by atoms with Crippen molar-refractivity contribution in [1.29, 1.82) is 0 Å². The van der Waals surface area contributed by atoms with Gasteiger partial charge < -0.3 is 20.7 Å². The predicted octanol–water partition coefficient (Wildman–Crippen LogP) is 5.09. The van der Waals surface area contributed by atoms with Gasteiger partial charge in [-0.2, -0.15) is 0 Å². The molecule has 1 aromatic carbocycles. The second kappa shape index (κ2) is 17.0. The quantitative estimate of drug-likeness (QED) is 0.260. The van der Waals surface area contributed by atoms with Crippen molar-refractivity contribution in [2.24, 2.45) is 17.8 Å². The first-order valence-electron chi connectivity index (χ1n) is 14.4. The van der Waals surface area contributed by atoms with Crippen LogP contribution in [0.3, 0.4) is 0 Å². The summed E-state index contributed by atoms with van der Waals surface area (Å²) in [6.07, 6.45) is 7.18. The zero-order chi connectivity index (χ0) is 30.4. The van der Waals surface area contributed by atoms with Gasteiger partial charge in [-0.1, -0.05) is 78.0 Å². The fraction of sp³-hybridized carbons (Fsp3) is 0.500. The van der Waals surface area contributed by atoms with Crippen LogP contribution in [-0.2, 0) is 20.9 Å². The summed E-state index contributed by atoms with van der Waals surface area (Å²) >= 11 is 0. The van der Waals surface area contributed by atoms with Gasteiger partial charge in [-0.05, 0) is 54.7 Å². The summed E-state index contributed by atoms with van der Waals surface area (Å²) in [7, 11) is 0. The Labute approximate surface area is 244 Å². The SMILES string of the molecule is CC(C)C[C@@H](/C=C/C(=O)n1cccc1)NC(=O)[C@H](CC(C)C)NC(=O)[C@H](CC(C)C)NC(=O)OCc1ccccc1. The highest BCUT2D eigenvalue weighted by atomic mass is 16.5. The first kappa shape index (κ1) is 33.3. The molecule has 0 unspecified atom stereocenters. The van der Waals surface area contributed by atoms with E-state index in [1.807, 2.05) is 71.9 Å². The molecule has 0 aliphatic rings. The van der Waals surface area contributed by atoms with Crippen LogP contribution in [0, 0.1) is 17.8 Å². The van der Waals surface area contributed by atoms with E-state index in [2.05, 4.69) is 16.0 Å². The molecule has 224 valence electrons. The van der Waals surface area contributed by atoms with E-state index in [9.17, 15) is 19.2 Å². The van der Waals surface area contributed by atoms with Crippen LogP contribution in [0.1, 0.15) is 71.2 Å². The molecule has 2 rings (SSSR count). The van der Waals surface area contributed by atoms with E-state index in [0.29, 0.717) is 19.3 Å². The van der Waals surface area contributed by atoms with Crippen LogP contribution >= 0.6 is 0 Å². The highest BCUT2D eigenvalue weighted by Gasteiger charge is 2.29. The Morgan fingerprint density at radius 1 is 0.732 bits per heavy atom. The van der Waals surface area contributed by atoms with E-state index in [4.69, 9.17) is 4.74 Å². The number of ether oxygens (including phenoxy) is 1. The smallest absolute Gasteiger partial charge is 0.408 e. The van der Waals surface area contributed by atoms with Crippen LogP contribution in [0.15, 0.2) is 67.0 Å². The van der Waals surface area contributed by atoms with Gasteiger partial charge in [-0.15, -0.1) is 0 Å². The van der Waals surface area contributed by atoms with Crippen molar-refractivity contribution in [3.63, 3.8) is 0 Å². The third-order valence-electron chi connectivity index (χ3n) is 6.25. The molecule has 2 aromatic rings. The molecule has 41 heavy (non-hydrogen) atoms. The molecule has 0 aliphatic carbocycles. The average molecular weight is 567 g/mol. The minimum absolute atomic E-state index is 0.0820. The second-order valence-corrected chi connectivity index (χ2v) is 11.6. The Balaban J connectivity index is 2.10. The summed E-state index contributed by atoms with van der Waals surface area (Å²) in [4.78, 5) is 51.8. The molecule has 9 nitrogen and oxygen atoms in total. The first-order chi connectivity index (χ1) is 19.4. The van der Waals surface area contributed by atoms with Crippen LogP contribution in [0.2, 0.25) is 0 Å². The fourth-order valence-electron chi connectivity index (χ4n) is 4.33. The molecule has 1 heterocycles. The summed E-state index contributed by atoms with van der Waals surface area (Å²) in [5.74, 6) is -0.526. The van der Waals surface area contributed by atoms with Gasteiger partial charge in [-0.25, -0.2) is 4.79 Å². The highest BCUT2D eigenvalue weighted by Crippen LogP contribution is 2.12.